The zero-order valence-electron chi connectivity index (χ0n) is 11.6. The van der Waals surface area contributed by atoms with Crippen LogP contribution < -0.4 is 5.73 Å². The van der Waals surface area contributed by atoms with Crippen molar-refractivity contribution in [3.05, 3.63) is 59.4 Å². The second kappa shape index (κ2) is 6.13. The van der Waals surface area contributed by atoms with Crippen LogP contribution in [-0.4, -0.2) is 16.9 Å². The largest absolute Gasteiger partial charge is 0.416 e. The van der Waals surface area contributed by atoms with Gasteiger partial charge in [0.1, 0.15) is 0 Å². The second-order valence-electron chi connectivity index (χ2n) is 4.95. The Kier molecular flexibility index (Phi) is 4.47. The van der Waals surface area contributed by atoms with E-state index in [-0.39, 0.29) is 17.8 Å². The normalized spacial score (nSPS) is 11.9. The zero-order chi connectivity index (χ0) is 15.5. The van der Waals surface area contributed by atoms with Crippen LogP contribution in [0.2, 0.25) is 0 Å². The molecule has 0 saturated carbocycles. The van der Waals surface area contributed by atoms with Gasteiger partial charge in [-0.3, -0.25) is 9.88 Å². The Balaban J connectivity index is 2.16. The molecule has 0 spiro atoms. The van der Waals surface area contributed by atoms with Crippen LogP contribution in [0, 0.1) is 0 Å². The summed E-state index contributed by atoms with van der Waals surface area (Å²) in [6.45, 7) is 0.708. The monoisotopic (exact) mass is 295 g/mol. The number of pyridine rings is 1. The summed E-state index contributed by atoms with van der Waals surface area (Å²) in [6.07, 6.45) is -1.05. The molecule has 0 radical (unpaired) electrons. The lowest BCUT2D eigenvalue weighted by Crippen LogP contribution is -2.20. The number of nitrogens with two attached hydrogens (primary N) is 1. The molecule has 1 heterocycles. The van der Waals surface area contributed by atoms with Gasteiger partial charge in [-0.05, 0) is 36.4 Å². The molecule has 0 unspecified atom stereocenters. The zero-order valence-corrected chi connectivity index (χ0v) is 11.6. The number of halogens is 3. The highest BCUT2D eigenvalue weighted by Crippen LogP contribution is 2.33. The lowest BCUT2D eigenvalue weighted by Gasteiger charge is -2.20. The van der Waals surface area contributed by atoms with E-state index in [9.17, 15) is 13.2 Å². The third-order valence-corrected chi connectivity index (χ3v) is 3.05. The summed E-state index contributed by atoms with van der Waals surface area (Å²) in [7, 11) is 1.77. The van der Waals surface area contributed by atoms with Crippen LogP contribution in [0.1, 0.15) is 16.7 Å². The molecule has 1 aromatic heterocycles. The van der Waals surface area contributed by atoms with Crippen LogP contribution in [0.25, 0.3) is 0 Å². The van der Waals surface area contributed by atoms with E-state index in [1.54, 1.807) is 30.4 Å². The minimum atomic E-state index is -4.40. The molecule has 0 amide bonds. The first-order valence-electron chi connectivity index (χ1n) is 6.39. The number of alkyl halides is 3. The summed E-state index contributed by atoms with van der Waals surface area (Å²) in [4.78, 5) is 5.79. The standard InChI is InChI=1S/C15H16F3N3/c1-21(9-11-3-2-6-20-8-11)10-12-4-5-13(19)7-14(12)15(16,17)18/h2-8H,9-10,19H2,1H3. The van der Waals surface area contributed by atoms with Crippen molar-refractivity contribution in [3.63, 3.8) is 0 Å². The average molecular weight is 295 g/mol. The third-order valence-electron chi connectivity index (χ3n) is 3.05. The summed E-state index contributed by atoms with van der Waals surface area (Å²) in [6, 6.07) is 7.58. The Bertz CT molecular complexity index is 597. The van der Waals surface area contributed by atoms with Crippen LogP contribution in [0.15, 0.2) is 42.7 Å². The highest BCUT2D eigenvalue weighted by Gasteiger charge is 2.33. The van der Waals surface area contributed by atoms with Gasteiger partial charge in [0.15, 0.2) is 0 Å². The number of nitrogens with zero attached hydrogens (tertiary/aromatic N) is 2. The van der Waals surface area contributed by atoms with E-state index < -0.39 is 11.7 Å². The molecule has 0 saturated heterocycles. The van der Waals surface area contributed by atoms with Crippen LogP contribution in [-0.2, 0) is 19.3 Å². The van der Waals surface area contributed by atoms with Gasteiger partial charge in [0.05, 0.1) is 5.56 Å². The number of anilines is 1. The fraction of sp³-hybridized carbons (Fsp3) is 0.267. The van der Waals surface area contributed by atoms with E-state index in [1.807, 2.05) is 6.07 Å². The number of rotatable bonds is 4. The van der Waals surface area contributed by atoms with Crippen molar-refractivity contribution in [1.82, 2.24) is 9.88 Å². The highest BCUT2D eigenvalue weighted by molar-refractivity contribution is 5.46. The maximum Gasteiger partial charge on any atom is 0.416 e. The second-order valence-corrected chi connectivity index (χ2v) is 4.95. The Morgan fingerprint density at radius 1 is 1.19 bits per heavy atom. The van der Waals surface area contributed by atoms with E-state index in [2.05, 4.69) is 4.98 Å². The third kappa shape index (κ3) is 4.19. The van der Waals surface area contributed by atoms with Gasteiger partial charge in [-0.25, -0.2) is 0 Å². The molecule has 2 N–H and O–H groups in total. The van der Waals surface area contributed by atoms with Gasteiger partial charge in [0.2, 0.25) is 0 Å². The van der Waals surface area contributed by atoms with Crippen molar-refractivity contribution in [3.8, 4) is 0 Å². The predicted octanol–water partition coefficient (Wildman–Crippen LogP) is 3.31. The topological polar surface area (TPSA) is 42.2 Å². The fourth-order valence-corrected chi connectivity index (χ4v) is 2.15. The molecule has 0 aliphatic carbocycles. The molecule has 6 heteroatoms. The van der Waals surface area contributed by atoms with Crippen LogP contribution in [0.3, 0.4) is 0 Å². The van der Waals surface area contributed by atoms with Gasteiger partial charge in [0.25, 0.3) is 0 Å². The minimum Gasteiger partial charge on any atom is -0.399 e. The molecule has 0 bridgehead atoms. The van der Waals surface area contributed by atoms with Crippen LogP contribution in [0.5, 0.6) is 0 Å². The lowest BCUT2D eigenvalue weighted by molar-refractivity contribution is -0.138. The molecular weight excluding hydrogens is 279 g/mol. The SMILES string of the molecule is CN(Cc1cccnc1)Cc1ccc(N)cc1C(F)(F)F. The number of nitrogen functional groups attached to an aromatic ring is 1. The van der Waals surface area contributed by atoms with Crippen molar-refractivity contribution < 1.29 is 13.2 Å². The number of hydrogen-bond donors (Lipinski definition) is 1. The van der Waals surface area contributed by atoms with Gasteiger partial charge in [0, 0.05) is 31.2 Å². The number of benzene rings is 1. The quantitative estimate of drug-likeness (QED) is 0.880. The molecule has 0 atom stereocenters. The number of hydrogen-bond acceptors (Lipinski definition) is 3. The van der Waals surface area contributed by atoms with Gasteiger partial charge in [-0.1, -0.05) is 12.1 Å². The molecule has 0 aliphatic rings. The van der Waals surface area contributed by atoms with E-state index in [0.29, 0.717) is 6.54 Å². The molecule has 0 aliphatic heterocycles. The summed E-state index contributed by atoms with van der Waals surface area (Å²) >= 11 is 0. The minimum absolute atomic E-state index is 0.112. The Labute approximate surface area is 121 Å². The van der Waals surface area contributed by atoms with Crippen LogP contribution in [0.4, 0.5) is 18.9 Å². The van der Waals surface area contributed by atoms with E-state index in [4.69, 9.17) is 5.73 Å². The van der Waals surface area contributed by atoms with Gasteiger partial charge >= 0.3 is 6.18 Å². The van der Waals surface area contributed by atoms with Gasteiger partial charge in [-0.2, -0.15) is 13.2 Å². The molecule has 112 valence electrons. The lowest BCUT2D eigenvalue weighted by atomic mass is 10.1. The van der Waals surface area contributed by atoms with Crippen molar-refractivity contribution in [1.29, 1.82) is 0 Å². The van der Waals surface area contributed by atoms with E-state index in [0.717, 1.165) is 11.6 Å². The Morgan fingerprint density at radius 3 is 2.57 bits per heavy atom. The molecule has 2 rings (SSSR count). The molecule has 3 nitrogen and oxygen atoms in total. The summed E-state index contributed by atoms with van der Waals surface area (Å²) in [5.41, 5.74) is 6.05. The Hall–Kier alpha value is -2.08. The summed E-state index contributed by atoms with van der Waals surface area (Å²) in [5, 5.41) is 0. The van der Waals surface area contributed by atoms with Gasteiger partial charge < -0.3 is 5.73 Å². The number of aromatic nitrogens is 1. The summed E-state index contributed by atoms with van der Waals surface area (Å²) in [5.74, 6) is 0. The Morgan fingerprint density at radius 2 is 1.95 bits per heavy atom. The van der Waals surface area contributed by atoms with Crippen molar-refractivity contribution in [2.24, 2.45) is 0 Å². The first-order chi connectivity index (χ1) is 9.86. The van der Waals surface area contributed by atoms with Crippen molar-refractivity contribution in [2.75, 3.05) is 12.8 Å². The summed E-state index contributed by atoms with van der Waals surface area (Å²) < 4.78 is 39.1. The van der Waals surface area contributed by atoms with E-state index in [1.165, 1.54) is 12.1 Å². The van der Waals surface area contributed by atoms with Crippen LogP contribution >= 0.6 is 0 Å². The maximum absolute atomic E-state index is 13.0. The maximum atomic E-state index is 13.0. The first kappa shape index (κ1) is 15.3. The smallest absolute Gasteiger partial charge is 0.399 e. The first-order valence-corrected chi connectivity index (χ1v) is 6.39. The molecule has 21 heavy (non-hydrogen) atoms. The van der Waals surface area contributed by atoms with Crippen molar-refractivity contribution >= 4 is 5.69 Å². The molecule has 1 aromatic carbocycles. The highest BCUT2D eigenvalue weighted by atomic mass is 19.4. The van der Waals surface area contributed by atoms with Crippen molar-refractivity contribution in [2.45, 2.75) is 19.3 Å². The molecule has 0 fully saturated rings. The van der Waals surface area contributed by atoms with Gasteiger partial charge in [-0.15, -0.1) is 0 Å². The average Bonchev–Trinajstić information content (AvgIpc) is 2.40. The molecular formula is C15H16F3N3. The predicted molar refractivity (Wildman–Crippen MR) is 75.3 cm³/mol. The molecule has 2 aromatic rings. The fourth-order valence-electron chi connectivity index (χ4n) is 2.15. The van der Waals surface area contributed by atoms with E-state index >= 15 is 0 Å².